The van der Waals surface area contributed by atoms with Crippen molar-refractivity contribution in [1.82, 2.24) is 19.9 Å². The molecule has 1 amide bonds. The number of anilines is 2. The number of benzene rings is 2. The van der Waals surface area contributed by atoms with Crippen LogP contribution in [0.15, 0.2) is 54.7 Å². The molecule has 2 aromatic carbocycles. The zero-order valence-corrected chi connectivity index (χ0v) is 17.4. The van der Waals surface area contributed by atoms with E-state index in [2.05, 4.69) is 20.6 Å². The molecular weight excluding hydrogens is 442 g/mol. The number of imidazole rings is 1. The van der Waals surface area contributed by atoms with Crippen LogP contribution in [0.25, 0.3) is 11.0 Å². The summed E-state index contributed by atoms with van der Waals surface area (Å²) in [4.78, 5) is 20.1. The lowest BCUT2D eigenvalue weighted by Crippen LogP contribution is -2.18. The fraction of sp³-hybridized carbons (Fsp3) is 0.136. The molecule has 0 aliphatic carbocycles. The summed E-state index contributed by atoms with van der Waals surface area (Å²) in [6, 6.07) is 10.8. The number of aryl methyl sites for hydroxylation is 1. The van der Waals surface area contributed by atoms with Gasteiger partial charge in [-0.3, -0.25) is 9.78 Å². The molecule has 0 spiro atoms. The molecule has 0 saturated heterocycles. The van der Waals surface area contributed by atoms with Gasteiger partial charge in [-0.2, -0.15) is 13.2 Å². The van der Waals surface area contributed by atoms with Gasteiger partial charge in [0.25, 0.3) is 5.91 Å². The summed E-state index contributed by atoms with van der Waals surface area (Å²) < 4.78 is 60.0. The molecule has 0 aliphatic heterocycles. The molecule has 2 aromatic heterocycles. The van der Waals surface area contributed by atoms with E-state index in [-0.39, 0.29) is 23.2 Å². The molecule has 0 radical (unpaired) electrons. The monoisotopic (exact) mass is 459 g/mol. The Morgan fingerprint density at radius 1 is 1.06 bits per heavy atom. The fourth-order valence-corrected chi connectivity index (χ4v) is 3.17. The van der Waals surface area contributed by atoms with Gasteiger partial charge in [0.05, 0.1) is 16.6 Å². The van der Waals surface area contributed by atoms with Crippen LogP contribution in [0.4, 0.5) is 29.2 Å². The summed E-state index contributed by atoms with van der Waals surface area (Å²) in [6.07, 6.45) is -3.37. The fourth-order valence-electron chi connectivity index (χ4n) is 3.17. The van der Waals surface area contributed by atoms with E-state index in [4.69, 9.17) is 4.74 Å². The minimum absolute atomic E-state index is 0.0390. The normalized spacial score (nSPS) is 11.5. The van der Waals surface area contributed by atoms with Crippen molar-refractivity contribution in [1.29, 1.82) is 0 Å². The zero-order valence-electron chi connectivity index (χ0n) is 17.4. The number of hydrogen-bond acceptors (Lipinski definition) is 5. The molecule has 11 heteroatoms. The number of ether oxygens (including phenoxy) is 1. The quantitative estimate of drug-likeness (QED) is 0.410. The van der Waals surface area contributed by atoms with E-state index in [9.17, 15) is 22.4 Å². The van der Waals surface area contributed by atoms with Gasteiger partial charge in [-0.15, -0.1) is 0 Å². The molecule has 2 heterocycles. The number of amides is 1. The van der Waals surface area contributed by atoms with E-state index in [0.717, 1.165) is 6.07 Å². The van der Waals surface area contributed by atoms with E-state index >= 15 is 0 Å². The second-order valence-corrected chi connectivity index (χ2v) is 7.02. The second kappa shape index (κ2) is 8.41. The lowest BCUT2D eigenvalue weighted by atomic mass is 10.2. The first-order valence-electron chi connectivity index (χ1n) is 9.62. The van der Waals surface area contributed by atoms with Gasteiger partial charge in [0, 0.05) is 38.1 Å². The average Bonchev–Trinajstić information content (AvgIpc) is 3.08. The van der Waals surface area contributed by atoms with Crippen LogP contribution in [0.2, 0.25) is 0 Å². The molecule has 0 saturated carbocycles. The predicted molar refractivity (Wildman–Crippen MR) is 113 cm³/mol. The molecule has 0 atom stereocenters. The standard InChI is InChI=1S/C22H17F4N5O2/c1-27-20(32)18-11-14(7-8-28-18)33-13-4-6-19-17(10-13)30-21(31(19)2)29-12-3-5-16(23)15(9-12)22(24,25)26/h3-11H,1-2H3,(H,27,32)(H,29,30). The van der Waals surface area contributed by atoms with Gasteiger partial charge in [0.2, 0.25) is 5.95 Å². The Bertz CT molecular complexity index is 1350. The van der Waals surface area contributed by atoms with Crippen LogP contribution >= 0.6 is 0 Å². The van der Waals surface area contributed by atoms with Crippen molar-refractivity contribution >= 4 is 28.6 Å². The number of alkyl halides is 3. The molecule has 0 bridgehead atoms. The van der Waals surface area contributed by atoms with Crippen molar-refractivity contribution in [3.05, 3.63) is 71.8 Å². The Balaban J connectivity index is 1.61. The largest absolute Gasteiger partial charge is 0.457 e. The van der Waals surface area contributed by atoms with Crippen LogP contribution in [0.3, 0.4) is 0 Å². The first-order chi connectivity index (χ1) is 15.7. The highest BCUT2D eigenvalue weighted by Crippen LogP contribution is 2.34. The van der Waals surface area contributed by atoms with E-state index in [0.29, 0.717) is 28.6 Å². The Labute approximate surface area is 185 Å². The number of hydrogen-bond donors (Lipinski definition) is 2. The van der Waals surface area contributed by atoms with Crippen molar-refractivity contribution in [2.24, 2.45) is 7.05 Å². The third kappa shape index (κ3) is 4.56. The number of aromatic nitrogens is 3. The highest BCUT2D eigenvalue weighted by molar-refractivity contribution is 5.92. The molecule has 33 heavy (non-hydrogen) atoms. The third-order valence-electron chi connectivity index (χ3n) is 4.81. The SMILES string of the molecule is CNC(=O)c1cc(Oc2ccc3c(c2)nc(Nc2ccc(F)c(C(F)(F)F)c2)n3C)ccn1. The zero-order chi connectivity index (χ0) is 23.8. The van der Waals surface area contributed by atoms with Crippen molar-refractivity contribution in [2.45, 2.75) is 6.18 Å². The van der Waals surface area contributed by atoms with Crippen molar-refractivity contribution in [3.8, 4) is 11.5 Å². The van der Waals surface area contributed by atoms with Crippen LogP contribution in [-0.4, -0.2) is 27.5 Å². The molecule has 170 valence electrons. The molecule has 7 nitrogen and oxygen atoms in total. The molecule has 0 fully saturated rings. The summed E-state index contributed by atoms with van der Waals surface area (Å²) in [5.41, 5.74) is 0.0606. The average molecular weight is 459 g/mol. The van der Waals surface area contributed by atoms with Crippen LogP contribution in [0, 0.1) is 5.82 Å². The highest BCUT2D eigenvalue weighted by Gasteiger charge is 2.34. The summed E-state index contributed by atoms with van der Waals surface area (Å²) in [6.45, 7) is 0. The molecule has 4 aromatic rings. The van der Waals surface area contributed by atoms with Gasteiger partial charge >= 0.3 is 6.18 Å². The van der Waals surface area contributed by atoms with Gasteiger partial charge in [0.15, 0.2) is 0 Å². The van der Waals surface area contributed by atoms with Gasteiger partial charge < -0.3 is 19.9 Å². The smallest absolute Gasteiger partial charge is 0.419 e. The molecule has 0 unspecified atom stereocenters. The minimum Gasteiger partial charge on any atom is -0.457 e. The summed E-state index contributed by atoms with van der Waals surface area (Å²) in [5.74, 6) is -0.625. The number of halogens is 4. The summed E-state index contributed by atoms with van der Waals surface area (Å²) >= 11 is 0. The van der Waals surface area contributed by atoms with Gasteiger partial charge in [-0.25, -0.2) is 9.37 Å². The molecular formula is C22H17F4N5O2. The van der Waals surface area contributed by atoms with Gasteiger partial charge in [-0.05, 0) is 36.4 Å². The Morgan fingerprint density at radius 2 is 1.82 bits per heavy atom. The molecule has 0 aliphatic rings. The summed E-state index contributed by atoms with van der Waals surface area (Å²) in [7, 11) is 3.18. The van der Waals surface area contributed by atoms with Crippen LogP contribution < -0.4 is 15.4 Å². The highest BCUT2D eigenvalue weighted by atomic mass is 19.4. The van der Waals surface area contributed by atoms with Crippen molar-refractivity contribution in [2.75, 3.05) is 12.4 Å². The topological polar surface area (TPSA) is 81.1 Å². The lowest BCUT2D eigenvalue weighted by molar-refractivity contribution is -0.139. The number of rotatable bonds is 5. The number of nitrogens with zero attached hydrogens (tertiary/aromatic N) is 3. The van der Waals surface area contributed by atoms with E-state index < -0.39 is 17.6 Å². The number of carbonyl (C=O) groups excluding carboxylic acids is 1. The Morgan fingerprint density at radius 3 is 2.55 bits per heavy atom. The predicted octanol–water partition coefficient (Wildman–Crippen LogP) is 5.02. The first-order valence-corrected chi connectivity index (χ1v) is 9.62. The van der Waals surface area contributed by atoms with Crippen molar-refractivity contribution in [3.63, 3.8) is 0 Å². The van der Waals surface area contributed by atoms with Crippen molar-refractivity contribution < 1.29 is 27.1 Å². The first kappa shape index (κ1) is 22.1. The van der Waals surface area contributed by atoms with Crippen LogP contribution in [0.1, 0.15) is 16.1 Å². The van der Waals surface area contributed by atoms with E-state index in [1.165, 1.54) is 25.4 Å². The molecule has 4 rings (SSSR count). The van der Waals surface area contributed by atoms with Gasteiger partial charge in [0.1, 0.15) is 23.0 Å². The minimum atomic E-state index is -4.81. The summed E-state index contributed by atoms with van der Waals surface area (Å²) in [5, 5.41) is 5.27. The Kier molecular flexibility index (Phi) is 5.62. The second-order valence-electron chi connectivity index (χ2n) is 7.02. The van der Waals surface area contributed by atoms with Crippen LogP contribution in [-0.2, 0) is 13.2 Å². The maximum absolute atomic E-state index is 13.6. The van der Waals surface area contributed by atoms with E-state index in [1.807, 2.05) is 0 Å². The van der Waals surface area contributed by atoms with E-state index in [1.54, 1.807) is 35.9 Å². The number of carbonyl (C=O) groups is 1. The number of pyridine rings is 1. The van der Waals surface area contributed by atoms with Gasteiger partial charge in [-0.1, -0.05) is 0 Å². The third-order valence-corrected chi connectivity index (χ3v) is 4.81. The maximum Gasteiger partial charge on any atom is 0.419 e. The number of nitrogens with one attached hydrogen (secondary N) is 2. The molecule has 2 N–H and O–H groups in total. The van der Waals surface area contributed by atoms with Crippen LogP contribution in [0.5, 0.6) is 11.5 Å². The Hall–Kier alpha value is -4.15. The number of fused-ring (bicyclic) bond motifs is 1. The maximum atomic E-state index is 13.6. The lowest BCUT2D eigenvalue weighted by Gasteiger charge is -2.11.